The van der Waals surface area contributed by atoms with Crippen LogP contribution in [0.2, 0.25) is 0 Å². The quantitative estimate of drug-likeness (QED) is 0.0292. The van der Waals surface area contributed by atoms with E-state index in [-0.39, 0.29) is 183 Å². The average molecular weight is 1420 g/mol. The maximum Gasteiger partial charge on any atom is 0.335 e. The van der Waals surface area contributed by atoms with E-state index >= 15 is 0 Å². The third-order valence-corrected chi connectivity index (χ3v) is 21.4. The lowest BCUT2D eigenvalue weighted by molar-refractivity contribution is -0.292. The molecule has 11 heterocycles. The number of carbonyl (C=O) groups excluding carboxylic acids is 9. The zero-order valence-electron chi connectivity index (χ0n) is 58.4. The van der Waals surface area contributed by atoms with Gasteiger partial charge in [-0.1, -0.05) is 46.1 Å². The highest BCUT2D eigenvalue weighted by Gasteiger charge is 2.69. The standard InChI is InChI=1S/C72H102N6O23/c1-38(2)62(77-57(81)22-26-90-28-29-91-27-23-61(85)101-78-58(82)18-19-59(78)83)70(87)76-50(8-7-25-74-71(73)88)69(86)75-43-11-9-42(10-12-43)37-92-60(84)20-13-44(79)34-55-63(89-6)49-33-45(80)32-47-15-17-52-64(95-47)68-67-66(97-52)65-56(98-67)36-72(99-65,100-68)24-21-48-31-40(4)51(93-48)16-14-46-30-39(3)41(5)53(94-46)35-54(49)96-55/h9-12,38-39,44,46-56,62-68,79H,4-5,7-8,13-37H2,1-3,6H3,(H,75,86)(H,76,87)(H,77,81)(H3,73,74,88)/t39-,44-,46+,47-,48+,49?,50+,51?,52+,53?,54?,55-,56-,62+,63-,64+,65?,66+,67-,68+,72+/m1/s1. The lowest BCUT2D eigenvalue weighted by Crippen LogP contribution is -2.61. The molecule has 5 unspecified atom stereocenters. The normalized spacial score (nSPS) is 33.8. The Morgan fingerprint density at radius 1 is 0.713 bits per heavy atom. The molecule has 1 aromatic carbocycles. The molecule has 7 N–H and O–H groups in total. The molecule has 0 radical (unpaired) electrons. The topological polar surface area (TPSA) is 371 Å². The van der Waals surface area contributed by atoms with Gasteiger partial charge in [-0.3, -0.25) is 33.6 Å². The molecule has 0 aromatic heterocycles. The van der Waals surface area contributed by atoms with E-state index < -0.39 is 114 Å². The summed E-state index contributed by atoms with van der Waals surface area (Å²) in [5, 5.41) is 22.8. The molecule has 7 amide bonds. The Balaban J connectivity index is 0.647. The number of esters is 1. The highest BCUT2D eigenvalue weighted by molar-refractivity contribution is 6.01. The molecule has 12 bridgehead atoms. The van der Waals surface area contributed by atoms with E-state index in [2.05, 4.69) is 41.3 Å². The van der Waals surface area contributed by atoms with Gasteiger partial charge in [-0.25, -0.2) is 9.59 Å². The number of primary amides is 1. The number of carbonyl (C=O) groups is 9. The number of fused-ring (bicyclic) bond motifs is 6. The van der Waals surface area contributed by atoms with Crippen molar-refractivity contribution in [1.82, 2.24) is 21.0 Å². The molecule has 101 heavy (non-hydrogen) atoms. The number of urea groups is 1. The number of aliphatic hydroxyl groups is 1. The zero-order chi connectivity index (χ0) is 71.6. The van der Waals surface area contributed by atoms with Crippen LogP contribution in [0.1, 0.15) is 161 Å². The van der Waals surface area contributed by atoms with Crippen molar-refractivity contribution in [2.75, 3.05) is 45.4 Å². The van der Waals surface area contributed by atoms with Crippen LogP contribution in [-0.2, 0) is 107 Å². The average Bonchev–Trinajstić information content (AvgIpc) is 1.55. The van der Waals surface area contributed by atoms with Gasteiger partial charge in [0.2, 0.25) is 17.7 Å². The Hall–Kier alpha value is -6.35. The molecule has 11 fully saturated rings. The fourth-order valence-electron chi connectivity index (χ4n) is 16.0. The van der Waals surface area contributed by atoms with Gasteiger partial charge >= 0.3 is 18.0 Å². The van der Waals surface area contributed by atoms with Gasteiger partial charge in [-0.15, -0.1) is 5.06 Å². The number of ether oxygens (including phenoxy) is 12. The van der Waals surface area contributed by atoms with E-state index in [1.165, 1.54) is 0 Å². The minimum absolute atomic E-state index is 0.000550. The summed E-state index contributed by atoms with van der Waals surface area (Å²) in [6, 6.07) is 3.61. The summed E-state index contributed by atoms with van der Waals surface area (Å²) in [5.74, 6) is -5.75. The number of amides is 7. The summed E-state index contributed by atoms with van der Waals surface area (Å²) in [6.07, 6.45) is 1.42. The molecule has 21 atom stereocenters. The number of aliphatic hydroxyl groups excluding tert-OH is 1. The lowest BCUT2D eigenvalue weighted by atomic mass is 9.81. The largest absolute Gasteiger partial charge is 0.461 e. The van der Waals surface area contributed by atoms with Crippen molar-refractivity contribution in [3.8, 4) is 0 Å². The molecule has 1 aromatic rings. The Morgan fingerprint density at radius 3 is 2.16 bits per heavy atom. The highest BCUT2D eigenvalue weighted by Crippen LogP contribution is 2.55. The lowest BCUT2D eigenvalue weighted by Gasteiger charge is -2.47. The third-order valence-electron chi connectivity index (χ3n) is 21.4. The summed E-state index contributed by atoms with van der Waals surface area (Å²) in [5.41, 5.74) is 8.26. The van der Waals surface area contributed by atoms with E-state index in [4.69, 9.17) is 67.4 Å². The van der Waals surface area contributed by atoms with Gasteiger partial charge in [-0.2, -0.15) is 0 Å². The number of hydroxylamine groups is 2. The number of anilines is 1. The van der Waals surface area contributed by atoms with Gasteiger partial charge in [0.1, 0.15) is 55.0 Å². The second-order valence-corrected chi connectivity index (χ2v) is 29.1. The number of methoxy groups -OCH3 is 1. The number of rotatable bonds is 28. The van der Waals surface area contributed by atoms with Crippen LogP contribution < -0.4 is 27.0 Å². The highest BCUT2D eigenvalue weighted by atomic mass is 16.8. The fourth-order valence-corrected chi connectivity index (χ4v) is 16.0. The molecule has 11 aliphatic rings. The smallest absolute Gasteiger partial charge is 0.335 e. The number of hydrogen-bond acceptors (Lipinski definition) is 23. The maximum atomic E-state index is 14.6. The first-order valence-corrected chi connectivity index (χ1v) is 36.3. The van der Waals surface area contributed by atoms with Crippen molar-refractivity contribution >= 4 is 59.0 Å². The number of hydrogen-bond donors (Lipinski definition) is 6. The van der Waals surface area contributed by atoms with E-state index in [1.54, 1.807) is 45.2 Å². The Labute approximate surface area is 588 Å². The number of ketones is 1. The fraction of sp³-hybridized carbons (Fsp3) is 0.736. The van der Waals surface area contributed by atoms with Crippen LogP contribution in [0.3, 0.4) is 0 Å². The van der Waals surface area contributed by atoms with Gasteiger partial charge in [-0.05, 0) is 105 Å². The second-order valence-electron chi connectivity index (χ2n) is 29.1. The number of nitrogens with two attached hydrogens (primary N) is 1. The molecule has 29 nitrogen and oxygen atoms in total. The molecular formula is C72H102N6O23. The SMILES string of the molecule is C=C1C[C@@H]2CC[C@@]34C[C@H]5O[C@H]6[C@@H](O3)[C@H]3O[C@H](CC[C@@H]3O[C@H]6C5O4)CC(=O)CC3C(CC4O[C@@H](CCC1O2)C[C@@H](C)C4=C)O[C@H](C[C@H](O)CCC(=O)OCc1ccc(NC(=O)[C@H](CCCNC(N)=O)NC(=O)[C@@H](NC(=O)CCOCCOCCC(=O)ON2C(=O)CCC2=O)C(C)C)cc1)[C@@H]3OC. The van der Waals surface area contributed by atoms with Crippen LogP contribution in [0.25, 0.3) is 0 Å². The molecule has 11 aliphatic heterocycles. The summed E-state index contributed by atoms with van der Waals surface area (Å²) < 4.78 is 77.4. The van der Waals surface area contributed by atoms with E-state index in [0.717, 1.165) is 43.3 Å². The Morgan fingerprint density at radius 2 is 1.42 bits per heavy atom. The Kier molecular flexibility index (Phi) is 25.9. The predicted octanol–water partition coefficient (Wildman–Crippen LogP) is 4.44. The van der Waals surface area contributed by atoms with Gasteiger partial charge in [0, 0.05) is 89.5 Å². The molecule has 1 spiro atoms. The molecule has 12 rings (SSSR count). The third kappa shape index (κ3) is 19.3. The van der Waals surface area contributed by atoms with Gasteiger partial charge in [0.05, 0.1) is 100.0 Å². The summed E-state index contributed by atoms with van der Waals surface area (Å²) in [7, 11) is 1.59. The molecule has 558 valence electrons. The van der Waals surface area contributed by atoms with Crippen molar-refractivity contribution in [1.29, 1.82) is 0 Å². The van der Waals surface area contributed by atoms with Crippen LogP contribution in [-0.4, -0.2) is 219 Å². The number of nitrogens with zero attached hydrogens (tertiary/aromatic N) is 1. The summed E-state index contributed by atoms with van der Waals surface area (Å²) >= 11 is 0. The van der Waals surface area contributed by atoms with Crippen molar-refractivity contribution in [3.05, 3.63) is 54.1 Å². The Bertz CT molecular complexity index is 3140. The minimum Gasteiger partial charge on any atom is -0.461 e. The summed E-state index contributed by atoms with van der Waals surface area (Å²) in [4.78, 5) is 120. The van der Waals surface area contributed by atoms with Crippen LogP contribution in [0, 0.1) is 17.8 Å². The van der Waals surface area contributed by atoms with Gasteiger partial charge in [0.15, 0.2) is 5.79 Å². The first-order chi connectivity index (χ1) is 48.5. The number of Topliss-reactive ketones (excluding diaryl/α,β-unsaturated/α-hetero) is 1. The van der Waals surface area contributed by atoms with Crippen molar-refractivity contribution in [2.24, 2.45) is 23.5 Å². The molecule has 29 heteroatoms. The van der Waals surface area contributed by atoms with Crippen LogP contribution in [0.5, 0.6) is 0 Å². The van der Waals surface area contributed by atoms with Crippen LogP contribution in [0.15, 0.2) is 48.6 Å². The van der Waals surface area contributed by atoms with E-state index in [0.29, 0.717) is 48.4 Å². The number of benzene rings is 1. The maximum absolute atomic E-state index is 14.6. The van der Waals surface area contributed by atoms with Crippen molar-refractivity contribution < 1.29 is 110 Å². The molecule has 0 aliphatic carbocycles. The van der Waals surface area contributed by atoms with Crippen molar-refractivity contribution in [2.45, 2.75) is 278 Å². The number of nitrogens with one attached hydrogen (secondary N) is 4. The minimum atomic E-state index is -1.12. The van der Waals surface area contributed by atoms with E-state index in [9.17, 15) is 48.3 Å². The summed E-state index contributed by atoms with van der Waals surface area (Å²) in [6.45, 7) is 14.7. The molecular weight excluding hydrogens is 1320 g/mol. The first-order valence-electron chi connectivity index (χ1n) is 36.3. The van der Waals surface area contributed by atoms with Gasteiger partial charge < -0.3 is 93.8 Å². The second kappa shape index (κ2) is 34.5. The van der Waals surface area contributed by atoms with Gasteiger partial charge in [0.25, 0.3) is 11.8 Å². The van der Waals surface area contributed by atoms with Crippen molar-refractivity contribution in [3.63, 3.8) is 0 Å². The molecule has 11 saturated heterocycles. The van der Waals surface area contributed by atoms with E-state index in [1.807, 2.05) is 0 Å². The van der Waals surface area contributed by atoms with Crippen LogP contribution >= 0.6 is 0 Å². The monoisotopic (exact) mass is 1420 g/mol. The zero-order valence-corrected chi connectivity index (χ0v) is 58.4. The van der Waals surface area contributed by atoms with Crippen LogP contribution in [0.4, 0.5) is 10.5 Å². The number of imide groups is 1. The predicted molar refractivity (Wildman–Crippen MR) is 355 cm³/mol. The first kappa shape index (κ1) is 75.8. The molecule has 0 saturated carbocycles.